The van der Waals surface area contributed by atoms with E-state index in [9.17, 15) is 0 Å². The minimum Gasteiger partial charge on any atom is -0.370 e. The van der Waals surface area contributed by atoms with Crippen LogP contribution in [0.25, 0.3) is 0 Å². The Bertz CT molecular complexity index is 288. The molecule has 0 fully saturated rings. The summed E-state index contributed by atoms with van der Waals surface area (Å²) >= 11 is 0. The van der Waals surface area contributed by atoms with Gasteiger partial charge in [0.2, 0.25) is 0 Å². The summed E-state index contributed by atoms with van der Waals surface area (Å²) in [7, 11) is 0. The molecule has 1 aromatic rings. The molecule has 0 bridgehead atoms. The van der Waals surface area contributed by atoms with Gasteiger partial charge in [0.1, 0.15) is 12.1 Å². The van der Waals surface area contributed by atoms with Crippen molar-refractivity contribution >= 4 is 5.82 Å². The number of rotatable bonds is 8. The van der Waals surface area contributed by atoms with Crippen LogP contribution in [0.1, 0.15) is 38.3 Å². The Morgan fingerprint density at radius 2 is 2.12 bits per heavy atom. The summed E-state index contributed by atoms with van der Waals surface area (Å²) in [4.78, 5) is 8.41. The minimum absolute atomic E-state index is 0.786. The van der Waals surface area contributed by atoms with E-state index >= 15 is 0 Å². The molecule has 4 nitrogen and oxygen atoms in total. The van der Waals surface area contributed by atoms with Gasteiger partial charge in [-0.15, -0.1) is 0 Å². The molecule has 3 N–H and O–H groups in total. The quantitative estimate of drug-likeness (QED) is 0.660. The standard InChI is InChI=1S/C12H22N4/c1-2-6-11-9-12(16-10-15-11)14-8-5-3-4-7-13/h9-10H,2-8,13H2,1H3,(H,14,15,16). The maximum Gasteiger partial charge on any atom is 0.129 e. The number of aromatic nitrogens is 2. The first-order valence-electron chi connectivity index (χ1n) is 6.11. The van der Waals surface area contributed by atoms with Gasteiger partial charge in [0.25, 0.3) is 0 Å². The number of hydrogen-bond acceptors (Lipinski definition) is 4. The summed E-state index contributed by atoms with van der Waals surface area (Å²) in [6.07, 6.45) is 7.19. The molecule has 0 aliphatic carbocycles. The van der Waals surface area contributed by atoms with Crippen LogP contribution in [0.3, 0.4) is 0 Å². The predicted molar refractivity (Wildman–Crippen MR) is 67.4 cm³/mol. The Labute approximate surface area is 97.7 Å². The fraction of sp³-hybridized carbons (Fsp3) is 0.667. The summed E-state index contributed by atoms with van der Waals surface area (Å²) in [6.45, 7) is 3.90. The van der Waals surface area contributed by atoms with E-state index < -0.39 is 0 Å². The van der Waals surface area contributed by atoms with Crippen LogP contribution in [-0.4, -0.2) is 23.1 Å². The molecule has 0 aliphatic heterocycles. The van der Waals surface area contributed by atoms with Crippen LogP contribution >= 0.6 is 0 Å². The van der Waals surface area contributed by atoms with Crippen molar-refractivity contribution in [2.24, 2.45) is 5.73 Å². The summed E-state index contributed by atoms with van der Waals surface area (Å²) in [5.74, 6) is 0.936. The van der Waals surface area contributed by atoms with Crippen molar-refractivity contribution in [1.29, 1.82) is 0 Å². The smallest absolute Gasteiger partial charge is 0.129 e. The Balaban J connectivity index is 2.27. The normalized spacial score (nSPS) is 10.4. The van der Waals surface area contributed by atoms with Crippen molar-refractivity contribution in [1.82, 2.24) is 9.97 Å². The molecule has 0 atom stereocenters. The second kappa shape index (κ2) is 8.05. The lowest BCUT2D eigenvalue weighted by Crippen LogP contribution is -2.06. The van der Waals surface area contributed by atoms with Crippen LogP contribution in [0.2, 0.25) is 0 Å². The maximum absolute atomic E-state index is 5.43. The van der Waals surface area contributed by atoms with Crippen LogP contribution in [0.4, 0.5) is 5.82 Å². The summed E-state index contributed by atoms with van der Waals surface area (Å²) in [5.41, 5.74) is 6.55. The third-order valence-electron chi connectivity index (χ3n) is 2.42. The van der Waals surface area contributed by atoms with Gasteiger partial charge in [-0.2, -0.15) is 0 Å². The van der Waals surface area contributed by atoms with Crippen molar-refractivity contribution in [3.63, 3.8) is 0 Å². The Kier molecular flexibility index (Phi) is 6.49. The molecule has 1 rings (SSSR count). The molecule has 0 radical (unpaired) electrons. The van der Waals surface area contributed by atoms with Gasteiger partial charge >= 0.3 is 0 Å². The third kappa shape index (κ3) is 5.07. The highest BCUT2D eigenvalue weighted by molar-refractivity contribution is 5.34. The van der Waals surface area contributed by atoms with Crippen LogP contribution in [0, 0.1) is 0 Å². The fourth-order valence-electron chi connectivity index (χ4n) is 1.55. The molecule has 16 heavy (non-hydrogen) atoms. The van der Waals surface area contributed by atoms with Crippen molar-refractivity contribution < 1.29 is 0 Å². The lowest BCUT2D eigenvalue weighted by atomic mass is 10.2. The molecule has 90 valence electrons. The van der Waals surface area contributed by atoms with E-state index in [-0.39, 0.29) is 0 Å². The zero-order valence-corrected chi connectivity index (χ0v) is 10.1. The number of hydrogen-bond donors (Lipinski definition) is 2. The Morgan fingerprint density at radius 1 is 1.25 bits per heavy atom. The first-order chi connectivity index (χ1) is 7.86. The fourth-order valence-corrected chi connectivity index (χ4v) is 1.55. The molecule has 0 unspecified atom stereocenters. The molecule has 1 aromatic heterocycles. The van der Waals surface area contributed by atoms with Crippen molar-refractivity contribution in [3.05, 3.63) is 18.1 Å². The highest BCUT2D eigenvalue weighted by Crippen LogP contribution is 2.06. The molecule has 4 heteroatoms. The number of nitrogens with one attached hydrogen (secondary N) is 1. The SMILES string of the molecule is CCCc1cc(NCCCCCN)ncn1. The van der Waals surface area contributed by atoms with Gasteiger partial charge in [0.15, 0.2) is 0 Å². The van der Waals surface area contributed by atoms with E-state index in [2.05, 4.69) is 22.2 Å². The van der Waals surface area contributed by atoms with Gasteiger partial charge in [-0.1, -0.05) is 19.8 Å². The van der Waals surface area contributed by atoms with Gasteiger partial charge in [-0.3, -0.25) is 0 Å². The largest absolute Gasteiger partial charge is 0.370 e. The molecule has 0 saturated heterocycles. The summed E-state index contributed by atoms with van der Waals surface area (Å²) in [5, 5.41) is 3.31. The van der Waals surface area contributed by atoms with Crippen LogP contribution in [-0.2, 0) is 6.42 Å². The van der Waals surface area contributed by atoms with Gasteiger partial charge in [0, 0.05) is 18.3 Å². The molecule has 0 spiro atoms. The van der Waals surface area contributed by atoms with E-state index in [1.807, 2.05) is 6.07 Å². The second-order valence-electron chi connectivity index (χ2n) is 3.92. The first-order valence-corrected chi connectivity index (χ1v) is 6.11. The van der Waals surface area contributed by atoms with Crippen molar-refractivity contribution in [2.75, 3.05) is 18.4 Å². The van der Waals surface area contributed by atoms with Crippen LogP contribution < -0.4 is 11.1 Å². The van der Waals surface area contributed by atoms with E-state index in [1.165, 1.54) is 6.42 Å². The Hall–Kier alpha value is -1.16. The molecule has 1 heterocycles. The Morgan fingerprint density at radius 3 is 2.88 bits per heavy atom. The predicted octanol–water partition coefficient (Wildman–Crippen LogP) is 1.97. The van der Waals surface area contributed by atoms with Gasteiger partial charge in [-0.25, -0.2) is 9.97 Å². The lowest BCUT2D eigenvalue weighted by Gasteiger charge is -2.06. The van der Waals surface area contributed by atoms with Gasteiger partial charge < -0.3 is 11.1 Å². The van der Waals surface area contributed by atoms with E-state index in [0.29, 0.717) is 0 Å². The summed E-state index contributed by atoms with van der Waals surface area (Å²) < 4.78 is 0. The maximum atomic E-state index is 5.43. The third-order valence-corrected chi connectivity index (χ3v) is 2.42. The topological polar surface area (TPSA) is 63.8 Å². The van der Waals surface area contributed by atoms with E-state index in [4.69, 9.17) is 5.73 Å². The monoisotopic (exact) mass is 222 g/mol. The second-order valence-corrected chi connectivity index (χ2v) is 3.92. The number of nitrogens with two attached hydrogens (primary N) is 1. The van der Waals surface area contributed by atoms with Crippen LogP contribution in [0.5, 0.6) is 0 Å². The van der Waals surface area contributed by atoms with Crippen molar-refractivity contribution in [2.45, 2.75) is 39.0 Å². The van der Waals surface area contributed by atoms with E-state index in [0.717, 1.165) is 50.3 Å². The molecule has 0 amide bonds. The molecular weight excluding hydrogens is 200 g/mol. The van der Waals surface area contributed by atoms with Gasteiger partial charge in [0.05, 0.1) is 0 Å². The molecule has 0 aliphatic rings. The number of aryl methyl sites for hydroxylation is 1. The molecule has 0 aromatic carbocycles. The number of nitrogens with zero attached hydrogens (tertiary/aromatic N) is 2. The molecule has 0 saturated carbocycles. The first kappa shape index (κ1) is 12.9. The summed E-state index contributed by atoms with van der Waals surface area (Å²) in [6, 6.07) is 2.03. The zero-order chi connectivity index (χ0) is 11.6. The average molecular weight is 222 g/mol. The van der Waals surface area contributed by atoms with E-state index in [1.54, 1.807) is 6.33 Å². The molecular formula is C12H22N4. The highest BCUT2D eigenvalue weighted by atomic mass is 15.0. The number of anilines is 1. The lowest BCUT2D eigenvalue weighted by molar-refractivity contribution is 0.706. The zero-order valence-electron chi connectivity index (χ0n) is 10.1. The average Bonchev–Trinajstić information content (AvgIpc) is 2.30. The minimum atomic E-state index is 0.786. The van der Waals surface area contributed by atoms with Crippen LogP contribution in [0.15, 0.2) is 12.4 Å². The van der Waals surface area contributed by atoms with Crippen molar-refractivity contribution in [3.8, 4) is 0 Å². The van der Waals surface area contributed by atoms with Gasteiger partial charge in [-0.05, 0) is 25.8 Å². The number of unbranched alkanes of at least 4 members (excludes halogenated alkanes) is 2. The highest BCUT2D eigenvalue weighted by Gasteiger charge is 1.97.